The summed E-state index contributed by atoms with van der Waals surface area (Å²) in [6, 6.07) is 0.432. The Morgan fingerprint density at radius 2 is 2.42 bits per heavy atom. The molecule has 0 aromatic rings. The summed E-state index contributed by atoms with van der Waals surface area (Å²) in [7, 11) is 0. The van der Waals surface area contributed by atoms with E-state index in [1.54, 1.807) is 0 Å². The van der Waals surface area contributed by atoms with Gasteiger partial charge >= 0.3 is 5.97 Å². The second kappa shape index (κ2) is 2.88. The highest BCUT2D eigenvalue weighted by molar-refractivity contribution is 5.88. The number of carboxylic acids is 1. The Morgan fingerprint density at radius 1 is 1.58 bits per heavy atom. The number of carbonyl (C=O) groups is 1. The number of carboxylic acid groups (broad SMARTS) is 1. The van der Waals surface area contributed by atoms with Crippen molar-refractivity contribution in [3.63, 3.8) is 0 Å². The third-order valence-corrected chi connectivity index (χ3v) is 2.42. The van der Waals surface area contributed by atoms with Crippen LogP contribution < -0.4 is 10.6 Å². The van der Waals surface area contributed by atoms with E-state index < -0.39 is 5.97 Å². The standard InChI is InChI=1S/C8H12N2O2/c11-8(12)6-2-1-5-3-9-4-7(6)10-5/h2,5,7,9-10H,1,3-4H2,(H,11,12). The Balaban J connectivity index is 2.19. The minimum absolute atomic E-state index is 0.00926. The van der Waals surface area contributed by atoms with E-state index in [1.165, 1.54) is 0 Å². The average Bonchev–Trinajstić information content (AvgIpc) is 2.04. The molecule has 2 unspecified atom stereocenters. The molecule has 2 heterocycles. The lowest BCUT2D eigenvalue weighted by atomic mass is 9.95. The Morgan fingerprint density at radius 3 is 3.17 bits per heavy atom. The lowest BCUT2D eigenvalue weighted by molar-refractivity contribution is -0.133. The van der Waals surface area contributed by atoms with Crippen molar-refractivity contribution in [1.29, 1.82) is 0 Å². The molecule has 1 saturated heterocycles. The summed E-state index contributed by atoms with van der Waals surface area (Å²) in [5.41, 5.74) is 0.512. The van der Waals surface area contributed by atoms with Crippen LogP contribution in [-0.2, 0) is 4.79 Å². The van der Waals surface area contributed by atoms with Crippen LogP contribution in [0, 0.1) is 0 Å². The average molecular weight is 168 g/mol. The summed E-state index contributed by atoms with van der Waals surface area (Å²) in [4.78, 5) is 10.7. The van der Waals surface area contributed by atoms with Crippen molar-refractivity contribution in [3.8, 4) is 0 Å². The molecule has 2 atom stereocenters. The fourth-order valence-electron chi connectivity index (χ4n) is 1.80. The van der Waals surface area contributed by atoms with Gasteiger partial charge in [0.25, 0.3) is 0 Å². The van der Waals surface area contributed by atoms with E-state index in [0.717, 1.165) is 19.5 Å². The van der Waals surface area contributed by atoms with Gasteiger partial charge in [0.2, 0.25) is 0 Å². The van der Waals surface area contributed by atoms with Crippen molar-refractivity contribution in [2.24, 2.45) is 0 Å². The van der Waals surface area contributed by atoms with Gasteiger partial charge in [-0.3, -0.25) is 0 Å². The predicted octanol–water partition coefficient (Wildman–Crippen LogP) is -0.669. The number of hydrogen-bond acceptors (Lipinski definition) is 3. The van der Waals surface area contributed by atoms with E-state index in [1.807, 2.05) is 6.08 Å². The van der Waals surface area contributed by atoms with Gasteiger partial charge in [-0.1, -0.05) is 6.08 Å². The van der Waals surface area contributed by atoms with Gasteiger partial charge in [-0.05, 0) is 6.42 Å². The van der Waals surface area contributed by atoms with E-state index in [2.05, 4.69) is 10.6 Å². The second-order valence-corrected chi connectivity index (χ2v) is 3.27. The molecule has 2 aliphatic rings. The zero-order valence-electron chi connectivity index (χ0n) is 6.71. The SMILES string of the molecule is O=C(O)C1=CCC2CNCC1N2. The third-order valence-electron chi connectivity index (χ3n) is 2.42. The number of rotatable bonds is 1. The number of hydrogen-bond donors (Lipinski definition) is 3. The van der Waals surface area contributed by atoms with E-state index in [0.29, 0.717) is 11.6 Å². The third kappa shape index (κ3) is 1.23. The molecule has 2 aliphatic heterocycles. The minimum Gasteiger partial charge on any atom is -0.478 e. The fraction of sp³-hybridized carbons (Fsp3) is 0.625. The first-order chi connectivity index (χ1) is 5.77. The summed E-state index contributed by atoms with van der Waals surface area (Å²) in [6.45, 7) is 1.68. The molecule has 4 heteroatoms. The van der Waals surface area contributed by atoms with Gasteiger partial charge in [0.15, 0.2) is 0 Å². The maximum absolute atomic E-state index is 10.7. The van der Waals surface area contributed by atoms with Gasteiger partial charge in [-0.25, -0.2) is 4.79 Å². The topological polar surface area (TPSA) is 61.4 Å². The van der Waals surface area contributed by atoms with Gasteiger partial charge in [0, 0.05) is 19.1 Å². The quantitative estimate of drug-likeness (QED) is 0.486. The van der Waals surface area contributed by atoms with Crippen LogP contribution in [0.15, 0.2) is 11.6 Å². The van der Waals surface area contributed by atoms with Crippen LogP contribution in [0.1, 0.15) is 6.42 Å². The molecule has 0 radical (unpaired) electrons. The number of aliphatic carboxylic acids is 1. The highest BCUT2D eigenvalue weighted by Crippen LogP contribution is 2.15. The summed E-state index contributed by atoms with van der Waals surface area (Å²) < 4.78 is 0. The summed E-state index contributed by atoms with van der Waals surface area (Å²) in [5.74, 6) is -0.797. The van der Waals surface area contributed by atoms with Crippen LogP contribution in [0.2, 0.25) is 0 Å². The van der Waals surface area contributed by atoms with E-state index in [4.69, 9.17) is 5.11 Å². The van der Waals surface area contributed by atoms with Gasteiger partial charge < -0.3 is 15.7 Å². The maximum atomic E-state index is 10.7. The molecule has 1 fully saturated rings. The maximum Gasteiger partial charge on any atom is 0.332 e. The van der Waals surface area contributed by atoms with Crippen LogP contribution >= 0.6 is 0 Å². The lowest BCUT2D eigenvalue weighted by Gasteiger charge is -2.35. The van der Waals surface area contributed by atoms with Crippen molar-refractivity contribution in [3.05, 3.63) is 11.6 Å². The van der Waals surface area contributed by atoms with Crippen LogP contribution in [0.5, 0.6) is 0 Å². The van der Waals surface area contributed by atoms with Gasteiger partial charge in [-0.2, -0.15) is 0 Å². The van der Waals surface area contributed by atoms with Gasteiger partial charge in [0.05, 0.1) is 11.6 Å². The fourth-order valence-corrected chi connectivity index (χ4v) is 1.80. The van der Waals surface area contributed by atoms with Crippen LogP contribution in [0.3, 0.4) is 0 Å². The summed E-state index contributed by atoms with van der Waals surface area (Å²) in [6.07, 6.45) is 2.67. The van der Waals surface area contributed by atoms with Crippen molar-refractivity contribution in [2.75, 3.05) is 13.1 Å². The highest BCUT2D eigenvalue weighted by Gasteiger charge is 2.29. The molecule has 0 aromatic heterocycles. The molecule has 2 bridgehead atoms. The van der Waals surface area contributed by atoms with Crippen molar-refractivity contribution < 1.29 is 9.90 Å². The first-order valence-electron chi connectivity index (χ1n) is 4.17. The van der Waals surface area contributed by atoms with Crippen LogP contribution in [-0.4, -0.2) is 36.2 Å². The highest BCUT2D eigenvalue weighted by atomic mass is 16.4. The van der Waals surface area contributed by atoms with Crippen molar-refractivity contribution in [2.45, 2.75) is 18.5 Å². The summed E-state index contributed by atoms with van der Waals surface area (Å²) >= 11 is 0. The molecule has 2 rings (SSSR count). The molecular formula is C8H12N2O2. The zero-order valence-corrected chi connectivity index (χ0v) is 6.71. The van der Waals surface area contributed by atoms with Crippen LogP contribution in [0.4, 0.5) is 0 Å². The van der Waals surface area contributed by atoms with E-state index in [-0.39, 0.29) is 6.04 Å². The normalized spacial score (nSPS) is 34.2. The van der Waals surface area contributed by atoms with Gasteiger partial charge in [-0.15, -0.1) is 0 Å². The van der Waals surface area contributed by atoms with Crippen molar-refractivity contribution >= 4 is 5.97 Å². The first kappa shape index (κ1) is 7.76. The molecule has 3 N–H and O–H groups in total. The Bertz CT molecular complexity index is 237. The first-order valence-corrected chi connectivity index (χ1v) is 4.17. The number of piperazine rings is 1. The lowest BCUT2D eigenvalue weighted by Crippen LogP contribution is -2.58. The molecule has 0 aliphatic carbocycles. The molecule has 0 aromatic carbocycles. The molecule has 4 nitrogen and oxygen atoms in total. The largest absolute Gasteiger partial charge is 0.478 e. The monoisotopic (exact) mass is 168 g/mol. The van der Waals surface area contributed by atoms with Gasteiger partial charge in [0.1, 0.15) is 0 Å². The van der Waals surface area contributed by atoms with E-state index >= 15 is 0 Å². The second-order valence-electron chi connectivity index (χ2n) is 3.27. The minimum atomic E-state index is -0.797. The zero-order chi connectivity index (χ0) is 8.55. The molecule has 66 valence electrons. The number of nitrogens with one attached hydrogen (secondary N) is 2. The predicted molar refractivity (Wildman–Crippen MR) is 43.9 cm³/mol. The van der Waals surface area contributed by atoms with Crippen LogP contribution in [0.25, 0.3) is 0 Å². The molecular weight excluding hydrogens is 156 g/mol. The molecule has 0 saturated carbocycles. The Hall–Kier alpha value is -0.870. The number of fused-ring (bicyclic) bond motifs is 2. The molecule has 0 amide bonds. The molecule has 0 spiro atoms. The Kier molecular flexibility index (Phi) is 1.86. The molecule has 12 heavy (non-hydrogen) atoms. The van der Waals surface area contributed by atoms with E-state index in [9.17, 15) is 4.79 Å². The Labute approximate surface area is 70.6 Å². The smallest absolute Gasteiger partial charge is 0.332 e. The summed E-state index contributed by atoms with van der Waals surface area (Å²) in [5, 5.41) is 15.3. The van der Waals surface area contributed by atoms with Crippen molar-refractivity contribution in [1.82, 2.24) is 10.6 Å².